The van der Waals surface area contributed by atoms with Crippen LogP contribution in [0.15, 0.2) is 47.0 Å². The molecule has 0 spiro atoms. The maximum atomic E-state index is 5.42. The van der Waals surface area contributed by atoms with Gasteiger partial charge in [0.1, 0.15) is 11.6 Å². The first-order valence-corrected chi connectivity index (χ1v) is 7.57. The van der Waals surface area contributed by atoms with E-state index in [0.29, 0.717) is 11.7 Å². The van der Waals surface area contributed by atoms with Gasteiger partial charge in [0, 0.05) is 18.2 Å². The molecule has 0 radical (unpaired) electrons. The van der Waals surface area contributed by atoms with Crippen molar-refractivity contribution in [1.29, 1.82) is 0 Å². The lowest BCUT2D eigenvalue weighted by Gasteiger charge is -1.99. The van der Waals surface area contributed by atoms with Crippen LogP contribution in [0.3, 0.4) is 0 Å². The topological polar surface area (TPSA) is 66.0 Å². The van der Waals surface area contributed by atoms with Gasteiger partial charge in [-0.2, -0.15) is 4.98 Å². The highest BCUT2D eigenvalue weighted by Crippen LogP contribution is 2.26. The van der Waals surface area contributed by atoms with Gasteiger partial charge in [0.25, 0.3) is 5.89 Å². The highest BCUT2D eigenvalue weighted by Gasteiger charge is 2.13. The van der Waals surface area contributed by atoms with Crippen molar-refractivity contribution in [2.24, 2.45) is 7.05 Å². The zero-order valence-corrected chi connectivity index (χ0v) is 13.6. The predicted molar refractivity (Wildman–Crippen MR) is 90.7 cm³/mol. The van der Waals surface area contributed by atoms with Gasteiger partial charge >= 0.3 is 0 Å². The fourth-order valence-electron chi connectivity index (χ4n) is 2.65. The summed E-state index contributed by atoms with van der Waals surface area (Å²) in [6, 6.07) is 13.5. The van der Waals surface area contributed by atoms with E-state index in [0.717, 1.165) is 33.7 Å². The van der Waals surface area contributed by atoms with Crippen LogP contribution < -0.4 is 4.74 Å². The Balaban J connectivity index is 1.71. The minimum absolute atomic E-state index is 0.478. The Labute approximate surface area is 138 Å². The molecule has 0 aliphatic carbocycles. The van der Waals surface area contributed by atoms with Crippen LogP contribution in [0.5, 0.6) is 5.75 Å². The van der Waals surface area contributed by atoms with Gasteiger partial charge in [-0.15, -0.1) is 0 Å². The Morgan fingerprint density at radius 2 is 1.75 bits per heavy atom. The zero-order chi connectivity index (χ0) is 16.7. The van der Waals surface area contributed by atoms with E-state index >= 15 is 0 Å². The quantitative estimate of drug-likeness (QED) is 0.577. The highest BCUT2D eigenvalue weighted by atomic mass is 16.5. The minimum Gasteiger partial charge on any atom is -0.497 e. The third-order valence-electron chi connectivity index (χ3n) is 4.13. The molecular weight excluding hydrogens is 304 g/mol. The summed E-state index contributed by atoms with van der Waals surface area (Å²) in [4.78, 5) is 9.03. The number of ether oxygens (including phenoxy) is 1. The van der Waals surface area contributed by atoms with Crippen LogP contribution in [0.25, 0.3) is 33.9 Å². The molecule has 0 N–H and O–H groups in total. The number of aromatic nitrogens is 4. The van der Waals surface area contributed by atoms with Gasteiger partial charge in [-0.05, 0) is 49.4 Å². The smallest absolute Gasteiger partial charge is 0.258 e. The van der Waals surface area contributed by atoms with Crippen LogP contribution in [-0.4, -0.2) is 26.8 Å². The molecule has 0 amide bonds. The maximum Gasteiger partial charge on any atom is 0.258 e. The summed E-state index contributed by atoms with van der Waals surface area (Å²) < 4.78 is 12.6. The normalized spacial score (nSPS) is 11.1. The number of fused-ring (bicyclic) bond motifs is 1. The summed E-state index contributed by atoms with van der Waals surface area (Å²) in [6.45, 7) is 1.98. The van der Waals surface area contributed by atoms with Crippen molar-refractivity contribution in [2.75, 3.05) is 7.11 Å². The van der Waals surface area contributed by atoms with Crippen LogP contribution in [0.4, 0.5) is 0 Å². The molecule has 0 saturated heterocycles. The van der Waals surface area contributed by atoms with E-state index in [1.54, 1.807) is 7.11 Å². The van der Waals surface area contributed by atoms with Crippen LogP contribution in [0.2, 0.25) is 0 Å². The Morgan fingerprint density at radius 3 is 2.50 bits per heavy atom. The lowest BCUT2D eigenvalue weighted by Crippen LogP contribution is -1.89. The number of nitrogens with zero attached hydrogens (tertiary/aromatic N) is 4. The molecule has 6 heteroatoms. The third-order valence-corrected chi connectivity index (χ3v) is 4.13. The van der Waals surface area contributed by atoms with Crippen LogP contribution >= 0.6 is 0 Å². The molecule has 0 atom stereocenters. The van der Waals surface area contributed by atoms with E-state index in [1.165, 1.54) is 0 Å². The zero-order valence-electron chi connectivity index (χ0n) is 13.6. The molecule has 2 heterocycles. The first kappa shape index (κ1) is 14.4. The second-order valence-corrected chi connectivity index (χ2v) is 5.57. The van der Waals surface area contributed by atoms with E-state index in [4.69, 9.17) is 9.26 Å². The number of benzene rings is 2. The average molecular weight is 320 g/mol. The van der Waals surface area contributed by atoms with E-state index in [9.17, 15) is 0 Å². The fraction of sp³-hybridized carbons (Fsp3) is 0.167. The number of rotatable bonds is 3. The van der Waals surface area contributed by atoms with Crippen molar-refractivity contribution in [2.45, 2.75) is 6.92 Å². The number of methoxy groups -OCH3 is 1. The molecule has 0 unspecified atom stereocenters. The second-order valence-electron chi connectivity index (χ2n) is 5.57. The third kappa shape index (κ3) is 2.32. The van der Waals surface area contributed by atoms with Crippen molar-refractivity contribution >= 4 is 11.0 Å². The number of hydrogen-bond acceptors (Lipinski definition) is 5. The lowest BCUT2D eigenvalue weighted by molar-refractivity contribution is 0.415. The Bertz CT molecular complexity index is 1020. The molecule has 0 aliphatic heterocycles. The summed E-state index contributed by atoms with van der Waals surface area (Å²) in [5, 5.41) is 4.07. The van der Waals surface area contributed by atoms with Gasteiger partial charge in [0.05, 0.1) is 18.1 Å². The van der Waals surface area contributed by atoms with E-state index in [2.05, 4.69) is 19.7 Å². The predicted octanol–water partition coefficient (Wildman–Crippen LogP) is 3.61. The number of hydrogen-bond donors (Lipinski definition) is 0. The van der Waals surface area contributed by atoms with Crippen LogP contribution in [-0.2, 0) is 7.05 Å². The van der Waals surface area contributed by atoms with Crippen molar-refractivity contribution in [3.8, 4) is 28.6 Å². The average Bonchev–Trinajstić information content (AvgIpc) is 3.20. The lowest BCUT2D eigenvalue weighted by atomic mass is 10.2. The summed E-state index contributed by atoms with van der Waals surface area (Å²) in [5.74, 6) is 2.78. The van der Waals surface area contributed by atoms with Crippen molar-refractivity contribution in [3.63, 3.8) is 0 Å². The molecule has 0 bridgehead atoms. The van der Waals surface area contributed by atoms with E-state index < -0.39 is 0 Å². The SMILES string of the molecule is COc1ccc(-c2noc(-c3ccc4c(c3)nc(C)n4C)n2)cc1. The Hall–Kier alpha value is -3.15. The van der Waals surface area contributed by atoms with E-state index in [-0.39, 0.29) is 0 Å². The molecule has 4 aromatic rings. The molecule has 0 aliphatic rings. The van der Waals surface area contributed by atoms with Crippen LogP contribution in [0, 0.1) is 6.92 Å². The molecular formula is C18H16N4O2. The Kier molecular flexibility index (Phi) is 3.30. The van der Waals surface area contributed by atoms with Gasteiger partial charge in [-0.25, -0.2) is 4.98 Å². The number of imidazole rings is 1. The highest BCUT2D eigenvalue weighted by molar-refractivity contribution is 5.81. The number of aryl methyl sites for hydroxylation is 2. The first-order chi connectivity index (χ1) is 11.7. The standard InChI is InChI=1S/C18H16N4O2/c1-11-19-15-10-13(6-9-16(15)22(11)2)18-20-17(21-24-18)12-4-7-14(23-3)8-5-12/h4-10H,1-3H3. The van der Waals surface area contributed by atoms with Gasteiger partial charge in [-0.3, -0.25) is 0 Å². The summed E-state index contributed by atoms with van der Waals surface area (Å²) >= 11 is 0. The van der Waals surface area contributed by atoms with Gasteiger partial charge in [0.2, 0.25) is 5.82 Å². The fourth-order valence-corrected chi connectivity index (χ4v) is 2.65. The molecule has 0 saturated carbocycles. The first-order valence-electron chi connectivity index (χ1n) is 7.57. The van der Waals surface area contributed by atoms with Crippen molar-refractivity contribution in [1.82, 2.24) is 19.7 Å². The monoisotopic (exact) mass is 320 g/mol. The molecule has 24 heavy (non-hydrogen) atoms. The van der Waals surface area contributed by atoms with Gasteiger partial charge in [0.15, 0.2) is 0 Å². The van der Waals surface area contributed by atoms with Crippen LogP contribution in [0.1, 0.15) is 5.82 Å². The molecule has 2 aromatic heterocycles. The molecule has 120 valence electrons. The molecule has 6 nitrogen and oxygen atoms in total. The largest absolute Gasteiger partial charge is 0.497 e. The summed E-state index contributed by atoms with van der Waals surface area (Å²) in [6.07, 6.45) is 0. The summed E-state index contributed by atoms with van der Waals surface area (Å²) in [7, 11) is 3.63. The maximum absolute atomic E-state index is 5.42. The van der Waals surface area contributed by atoms with Crippen molar-refractivity contribution in [3.05, 3.63) is 48.3 Å². The Morgan fingerprint density at radius 1 is 1.00 bits per heavy atom. The van der Waals surface area contributed by atoms with Gasteiger partial charge < -0.3 is 13.8 Å². The molecule has 4 rings (SSSR count). The van der Waals surface area contributed by atoms with Gasteiger partial charge in [-0.1, -0.05) is 5.16 Å². The van der Waals surface area contributed by atoms with E-state index in [1.807, 2.05) is 56.4 Å². The van der Waals surface area contributed by atoms with Crippen molar-refractivity contribution < 1.29 is 9.26 Å². The molecule has 0 fully saturated rings. The molecule has 2 aromatic carbocycles. The minimum atomic E-state index is 0.478. The second kappa shape index (κ2) is 5.49. The summed E-state index contributed by atoms with van der Waals surface area (Å²) in [5.41, 5.74) is 3.72.